The molecule has 0 bridgehead atoms. The van der Waals surface area contributed by atoms with Crippen molar-refractivity contribution >= 4 is 33.4 Å². The largest absolute Gasteiger partial charge is 0.284 e. The van der Waals surface area contributed by atoms with Crippen molar-refractivity contribution in [3.05, 3.63) is 73.2 Å². The maximum Gasteiger partial charge on any atom is 0.284 e. The molecule has 0 aliphatic carbocycles. The van der Waals surface area contributed by atoms with Gasteiger partial charge in [0.25, 0.3) is 17.5 Å². The van der Waals surface area contributed by atoms with Crippen LogP contribution in [0.4, 0.5) is 5.69 Å². The van der Waals surface area contributed by atoms with Gasteiger partial charge in [0.1, 0.15) is 0 Å². The molecule has 2 rings (SSSR count). The minimum atomic E-state index is -0.649. The standard InChI is InChI=1S/C16H14BrN3O4/c1-9-3-5-12(10(2)7-9)16(22)19-18-15(21)11-4-6-13(17)14(8-11)20(23)24/h3-8H,1-2H3,(H,18,21)(H,19,22). The average molecular weight is 392 g/mol. The van der Waals surface area contributed by atoms with Gasteiger partial charge in [-0.1, -0.05) is 17.7 Å². The Morgan fingerprint density at radius 2 is 1.71 bits per heavy atom. The number of carbonyl (C=O) groups excluding carboxylic acids is 2. The molecule has 2 aromatic carbocycles. The van der Waals surface area contributed by atoms with Gasteiger partial charge in [0.05, 0.1) is 9.40 Å². The Kier molecular flexibility index (Phi) is 5.30. The second kappa shape index (κ2) is 7.22. The lowest BCUT2D eigenvalue weighted by Gasteiger charge is -2.10. The SMILES string of the molecule is Cc1ccc(C(=O)NNC(=O)c2ccc(Br)c([N+](=O)[O-])c2)c(C)c1. The molecule has 0 saturated carbocycles. The summed E-state index contributed by atoms with van der Waals surface area (Å²) in [6.45, 7) is 3.71. The van der Waals surface area contributed by atoms with E-state index in [4.69, 9.17) is 0 Å². The van der Waals surface area contributed by atoms with Crippen molar-refractivity contribution in [2.75, 3.05) is 0 Å². The van der Waals surface area contributed by atoms with Crippen LogP contribution in [0.5, 0.6) is 0 Å². The van der Waals surface area contributed by atoms with Crippen LogP contribution in [0, 0.1) is 24.0 Å². The molecule has 0 heterocycles. The second-order valence-corrected chi connectivity index (χ2v) is 6.00. The van der Waals surface area contributed by atoms with Crippen molar-refractivity contribution in [2.24, 2.45) is 0 Å². The van der Waals surface area contributed by atoms with E-state index in [2.05, 4.69) is 26.8 Å². The summed E-state index contributed by atoms with van der Waals surface area (Å²) in [5, 5.41) is 10.9. The lowest BCUT2D eigenvalue weighted by molar-refractivity contribution is -0.385. The third-order valence-electron chi connectivity index (χ3n) is 3.32. The topological polar surface area (TPSA) is 101 Å². The normalized spacial score (nSPS) is 10.1. The van der Waals surface area contributed by atoms with Crippen molar-refractivity contribution in [3.63, 3.8) is 0 Å². The van der Waals surface area contributed by atoms with E-state index in [1.54, 1.807) is 19.1 Å². The molecule has 124 valence electrons. The van der Waals surface area contributed by atoms with Crippen LogP contribution in [-0.2, 0) is 0 Å². The van der Waals surface area contributed by atoms with Crippen molar-refractivity contribution in [1.29, 1.82) is 0 Å². The molecular formula is C16H14BrN3O4. The zero-order valence-electron chi connectivity index (χ0n) is 12.9. The van der Waals surface area contributed by atoms with E-state index in [0.717, 1.165) is 17.2 Å². The van der Waals surface area contributed by atoms with Gasteiger partial charge in [-0.25, -0.2) is 0 Å². The Morgan fingerprint density at radius 1 is 1.04 bits per heavy atom. The Labute approximate surface area is 146 Å². The van der Waals surface area contributed by atoms with Crippen LogP contribution in [0.15, 0.2) is 40.9 Å². The number of nitrogens with zero attached hydrogens (tertiary/aromatic N) is 1. The lowest BCUT2D eigenvalue weighted by Crippen LogP contribution is -2.41. The van der Waals surface area contributed by atoms with Crippen LogP contribution >= 0.6 is 15.9 Å². The summed E-state index contributed by atoms with van der Waals surface area (Å²) >= 11 is 3.04. The first-order valence-corrected chi connectivity index (χ1v) is 7.71. The lowest BCUT2D eigenvalue weighted by atomic mass is 10.1. The molecule has 8 heteroatoms. The monoisotopic (exact) mass is 391 g/mol. The van der Waals surface area contributed by atoms with Crippen LogP contribution in [-0.4, -0.2) is 16.7 Å². The number of carbonyl (C=O) groups is 2. The summed E-state index contributed by atoms with van der Waals surface area (Å²) in [4.78, 5) is 34.4. The Hall–Kier alpha value is -2.74. The number of amides is 2. The number of hydrogen-bond acceptors (Lipinski definition) is 4. The molecule has 0 saturated heterocycles. The summed E-state index contributed by atoms with van der Waals surface area (Å²) < 4.78 is 0.267. The highest BCUT2D eigenvalue weighted by Gasteiger charge is 2.17. The van der Waals surface area contributed by atoms with Gasteiger partial charge >= 0.3 is 0 Å². The van der Waals surface area contributed by atoms with E-state index in [1.165, 1.54) is 12.1 Å². The van der Waals surface area contributed by atoms with Crippen LogP contribution in [0.25, 0.3) is 0 Å². The molecule has 0 atom stereocenters. The van der Waals surface area contributed by atoms with Gasteiger partial charge in [-0.05, 0) is 53.5 Å². The first-order valence-electron chi connectivity index (χ1n) is 6.91. The van der Waals surface area contributed by atoms with Crippen LogP contribution in [0.3, 0.4) is 0 Å². The minimum Gasteiger partial charge on any atom is -0.267 e. The van der Waals surface area contributed by atoms with Gasteiger partial charge in [0.2, 0.25) is 0 Å². The highest BCUT2D eigenvalue weighted by Crippen LogP contribution is 2.25. The molecule has 0 aliphatic rings. The van der Waals surface area contributed by atoms with Crippen molar-refractivity contribution in [1.82, 2.24) is 10.9 Å². The number of aryl methyl sites for hydroxylation is 2. The highest BCUT2D eigenvalue weighted by atomic mass is 79.9. The maximum absolute atomic E-state index is 12.1. The molecule has 2 N–H and O–H groups in total. The first-order chi connectivity index (χ1) is 11.3. The van der Waals surface area contributed by atoms with Crippen LogP contribution in [0.1, 0.15) is 31.8 Å². The number of nitrogens with one attached hydrogen (secondary N) is 2. The summed E-state index contributed by atoms with van der Waals surface area (Å²) in [6, 6.07) is 9.25. The fourth-order valence-electron chi connectivity index (χ4n) is 2.12. The van der Waals surface area contributed by atoms with E-state index < -0.39 is 16.7 Å². The first kappa shape index (κ1) is 17.6. The van der Waals surface area contributed by atoms with Crippen LogP contribution < -0.4 is 10.9 Å². The third kappa shape index (κ3) is 3.96. The van der Waals surface area contributed by atoms with Crippen molar-refractivity contribution in [3.8, 4) is 0 Å². The molecule has 0 aliphatic heterocycles. The summed E-state index contributed by atoms with van der Waals surface area (Å²) in [5.74, 6) is -1.11. The van der Waals surface area contributed by atoms with Gasteiger partial charge < -0.3 is 0 Å². The Bertz CT molecular complexity index is 836. The predicted octanol–water partition coefficient (Wildman–Crippen LogP) is 3.05. The van der Waals surface area contributed by atoms with Gasteiger partial charge in [0, 0.05) is 17.2 Å². The molecule has 0 unspecified atom stereocenters. The predicted molar refractivity (Wildman–Crippen MR) is 91.6 cm³/mol. The molecule has 0 spiro atoms. The number of rotatable bonds is 3. The van der Waals surface area contributed by atoms with Crippen LogP contribution in [0.2, 0.25) is 0 Å². The number of halogens is 1. The minimum absolute atomic E-state index is 0.0610. The van der Waals surface area contributed by atoms with Gasteiger partial charge in [-0.3, -0.25) is 30.6 Å². The average Bonchev–Trinajstić information content (AvgIpc) is 2.52. The fraction of sp³-hybridized carbons (Fsp3) is 0.125. The smallest absolute Gasteiger partial charge is 0.267 e. The third-order valence-corrected chi connectivity index (χ3v) is 3.99. The molecule has 24 heavy (non-hydrogen) atoms. The van der Waals surface area contributed by atoms with Crippen molar-refractivity contribution < 1.29 is 14.5 Å². The number of nitro groups is 1. The van der Waals surface area contributed by atoms with E-state index in [1.807, 2.05) is 13.0 Å². The molecule has 0 radical (unpaired) electrons. The van der Waals surface area contributed by atoms with E-state index >= 15 is 0 Å². The number of benzene rings is 2. The Morgan fingerprint density at radius 3 is 2.33 bits per heavy atom. The van der Waals surface area contributed by atoms with Crippen molar-refractivity contribution in [2.45, 2.75) is 13.8 Å². The quantitative estimate of drug-likeness (QED) is 0.619. The highest BCUT2D eigenvalue weighted by molar-refractivity contribution is 9.10. The number of hydrogen-bond donors (Lipinski definition) is 2. The molecule has 7 nitrogen and oxygen atoms in total. The number of hydrazine groups is 1. The molecular weight excluding hydrogens is 378 g/mol. The van der Waals surface area contributed by atoms with Gasteiger partial charge in [-0.15, -0.1) is 0 Å². The van der Waals surface area contributed by atoms with E-state index in [0.29, 0.717) is 5.56 Å². The second-order valence-electron chi connectivity index (χ2n) is 5.15. The molecule has 2 aromatic rings. The zero-order chi connectivity index (χ0) is 17.9. The van der Waals surface area contributed by atoms with Gasteiger partial charge in [-0.2, -0.15) is 0 Å². The zero-order valence-corrected chi connectivity index (χ0v) is 14.5. The number of nitro benzene ring substituents is 1. The maximum atomic E-state index is 12.1. The molecule has 0 aromatic heterocycles. The van der Waals surface area contributed by atoms with E-state index in [-0.39, 0.29) is 15.7 Å². The fourth-order valence-corrected chi connectivity index (χ4v) is 2.51. The summed E-state index contributed by atoms with van der Waals surface area (Å²) in [6.07, 6.45) is 0. The van der Waals surface area contributed by atoms with Gasteiger partial charge in [0.15, 0.2) is 0 Å². The molecule has 0 fully saturated rings. The summed E-state index contributed by atoms with van der Waals surface area (Å²) in [7, 11) is 0. The summed E-state index contributed by atoms with van der Waals surface area (Å²) in [5.41, 5.74) is 6.61. The Balaban J connectivity index is 2.09. The van der Waals surface area contributed by atoms with E-state index in [9.17, 15) is 19.7 Å². The molecule has 2 amide bonds.